The van der Waals surface area contributed by atoms with E-state index in [9.17, 15) is 26.3 Å². The number of aliphatic hydroxyl groups excluding tert-OH is 2. The van der Waals surface area contributed by atoms with E-state index in [2.05, 4.69) is 0 Å². The van der Waals surface area contributed by atoms with Crippen molar-refractivity contribution in [3.63, 3.8) is 0 Å². The Morgan fingerprint density at radius 1 is 0.667 bits per heavy atom. The lowest BCUT2D eigenvalue weighted by Gasteiger charge is -2.09. The standard InChI is InChI=1S/C4H2F6O2/c5-3(6,7)1(11)2(12)4(8,9)10/h11-12H/b2-1-. The fourth-order valence-corrected chi connectivity index (χ4v) is 0.269. The van der Waals surface area contributed by atoms with Crippen molar-refractivity contribution >= 4 is 0 Å². The zero-order chi connectivity index (χ0) is 10.2. The van der Waals surface area contributed by atoms with Crippen LogP contribution in [0.4, 0.5) is 26.3 Å². The molecule has 8 heteroatoms. The van der Waals surface area contributed by atoms with E-state index < -0.39 is 23.9 Å². The van der Waals surface area contributed by atoms with Crippen molar-refractivity contribution in [2.24, 2.45) is 0 Å². The maximum Gasteiger partial charge on any atom is 0.452 e. The molecule has 0 aliphatic rings. The first-order chi connectivity index (χ1) is 5.07. The van der Waals surface area contributed by atoms with Gasteiger partial charge in [-0.2, -0.15) is 26.3 Å². The average Bonchev–Trinajstić information content (AvgIpc) is 1.80. The summed E-state index contributed by atoms with van der Waals surface area (Å²) in [6, 6.07) is 0. The Hall–Kier alpha value is -1.08. The van der Waals surface area contributed by atoms with Crippen LogP contribution < -0.4 is 0 Å². The molecule has 0 spiro atoms. The second kappa shape index (κ2) is 2.76. The van der Waals surface area contributed by atoms with E-state index in [4.69, 9.17) is 10.2 Å². The first-order valence-corrected chi connectivity index (χ1v) is 2.33. The van der Waals surface area contributed by atoms with Gasteiger partial charge < -0.3 is 10.2 Å². The average molecular weight is 196 g/mol. The number of hydrogen-bond donors (Lipinski definition) is 2. The van der Waals surface area contributed by atoms with Gasteiger partial charge in [0.25, 0.3) is 0 Å². The van der Waals surface area contributed by atoms with Gasteiger partial charge in [0.2, 0.25) is 11.5 Å². The normalized spacial score (nSPS) is 15.8. The van der Waals surface area contributed by atoms with Crippen LogP contribution in [-0.2, 0) is 0 Å². The molecular formula is C4H2F6O2. The number of aliphatic hydroxyl groups is 2. The Kier molecular flexibility index (Phi) is 2.51. The smallest absolute Gasteiger partial charge is 0.452 e. The highest BCUT2D eigenvalue weighted by Gasteiger charge is 2.46. The summed E-state index contributed by atoms with van der Waals surface area (Å²) in [5, 5.41) is 15.5. The number of alkyl halides is 6. The summed E-state index contributed by atoms with van der Waals surface area (Å²) in [5.41, 5.74) is 0. The van der Waals surface area contributed by atoms with E-state index in [1.807, 2.05) is 0 Å². The van der Waals surface area contributed by atoms with Gasteiger partial charge >= 0.3 is 12.4 Å². The third kappa shape index (κ3) is 2.51. The van der Waals surface area contributed by atoms with E-state index in [1.165, 1.54) is 0 Å². The molecule has 2 N–H and O–H groups in total. The van der Waals surface area contributed by atoms with Crippen LogP contribution in [0.25, 0.3) is 0 Å². The molecule has 0 rings (SSSR count). The van der Waals surface area contributed by atoms with Crippen molar-refractivity contribution in [1.82, 2.24) is 0 Å². The second-order valence-corrected chi connectivity index (χ2v) is 1.69. The van der Waals surface area contributed by atoms with Gasteiger partial charge in [0, 0.05) is 0 Å². The molecule has 72 valence electrons. The van der Waals surface area contributed by atoms with E-state index in [0.717, 1.165) is 0 Å². The van der Waals surface area contributed by atoms with Gasteiger partial charge in [-0.3, -0.25) is 0 Å². The van der Waals surface area contributed by atoms with Crippen molar-refractivity contribution in [2.75, 3.05) is 0 Å². The molecule has 0 aliphatic carbocycles. The Labute approximate surface area is 61.7 Å². The summed E-state index contributed by atoms with van der Waals surface area (Å²) >= 11 is 0. The summed E-state index contributed by atoms with van der Waals surface area (Å²) in [7, 11) is 0. The van der Waals surface area contributed by atoms with Crippen LogP contribution in [0.15, 0.2) is 11.5 Å². The molecule has 0 bridgehead atoms. The Bertz CT molecular complexity index is 177. The summed E-state index contributed by atoms with van der Waals surface area (Å²) in [6.45, 7) is 0. The van der Waals surface area contributed by atoms with Crippen molar-refractivity contribution in [3.05, 3.63) is 11.5 Å². The van der Waals surface area contributed by atoms with Crippen molar-refractivity contribution in [1.29, 1.82) is 0 Å². The SMILES string of the molecule is O/C(=C(\O)C(F)(F)F)C(F)(F)F. The van der Waals surface area contributed by atoms with Gasteiger partial charge in [0.1, 0.15) is 0 Å². The number of halogens is 6. The molecule has 0 heterocycles. The molecule has 0 saturated heterocycles. The summed E-state index contributed by atoms with van der Waals surface area (Å²) in [4.78, 5) is 0. The largest absolute Gasteiger partial charge is 0.502 e. The van der Waals surface area contributed by atoms with Crippen LogP contribution in [0.5, 0.6) is 0 Å². The van der Waals surface area contributed by atoms with E-state index in [-0.39, 0.29) is 0 Å². The zero-order valence-electron chi connectivity index (χ0n) is 5.16. The van der Waals surface area contributed by atoms with Gasteiger partial charge in [0.15, 0.2) is 0 Å². The Balaban J connectivity index is 4.96. The molecule has 0 amide bonds. The predicted octanol–water partition coefficient (Wildman–Crippen LogP) is 2.44. The molecule has 2 nitrogen and oxygen atoms in total. The maximum atomic E-state index is 11.3. The second-order valence-electron chi connectivity index (χ2n) is 1.69. The van der Waals surface area contributed by atoms with Crippen LogP contribution >= 0.6 is 0 Å². The fourth-order valence-electron chi connectivity index (χ4n) is 0.269. The molecule has 0 aromatic rings. The van der Waals surface area contributed by atoms with Gasteiger partial charge in [-0.15, -0.1) is 0 Å². The molecule has 0 aliphatic heterocycles. The molecule has 0 radical (unpaired) electrons. The lowest BCUT2D eigenvalue weighted by Crippen LogP contribution is -2.21. The number of rotatable bonds is 0. The van der Waals surface area contributed by atoms with E-state index in [1.54, 1.807) is 0 Å². The minimum Gasteiger partial charge on any atom is -0.502 e. The maximum absolute atomic E-state index is 11.3. The molecule has 0 aromatic carbocycles. The van der Waals surface area contributed by atoms with Gasteiger partial charge in [0.05, 0.1) is 0 Å². The van der Waals surface area contributed by atoms with Gasteiger partial charge in [-0.05, 0) is 0 Å². The molecule has 0 unspecified atom stereocenters. The van der Waals surface area contributed by atoms with Gasteiger partial charge in [-0.1, -0.05) is 0 Å². The van der Waals surface area contributed by atoms with Crippen LogP contribution in [0.3, 0.4) is 0 Å². The fraction of sp³-hybridized carbons (Fsp3) is 0.500. The van der Waals surface area contributed by atoms with Gasteiger partial charge in [-0.25, -0.2) is 0 Å². The van der Waals surface area contributed by atoms with E-state index >= 15 is 0 Å². The molecule has 0 atom stereocenters. The highest BCUT2D eigenvalue weighted by molar-refractivity contribution is 5.09. The molecule has 0 fully saturated rings. The third-order valence-electron chi connectivity index (χ3n) is 0.761. The zero-order valence-corrected chi connectivity index (χ0v) is 5.16. The van der Waals surface area contributed by atoms with Crippen LogP contribution in [0.1, 0.15) is 0 Å². The lowest BCUT2D eigenvalue weighted by atomic mass is 10.4. The minimum absolute atomic E-state index is 3.05. The highest BCUT2D eigenvalue weighted by Crippen LogP contribution is 2.32. The van der Waals surface area contributed by atoms with Crippen molar-refractivity contribution in [2.45, 2.75) is 12.4 Å². The molecular weight excluding hydrogens is 194 g/mol. The van der Waals surface area contributed by atoms with Crippen molar-refractivity contribution in [3.8, 4) is 0 Å². The number of hydrogen-bond acceptors (Lipinski definition) is 2. The number of allylic oxidation sites excluding steroid dienone is 2. The monoisotopic (exact) mass is 196 g/mol. The van der Waals surface area contributed by atoms with Crippen LogP contribution in [0, 0.1) is 0 Å². The third-order valence-corrected chi connectivity index (χ3v) is 0.761. The van der Waals surface area contributed by atoms with Crippen LogP contribution in [-0.4, -0.2) is 22.6 Å². The predicted molar refractivity (Wildman–Crippen MR) is 24.4 cm³/mol. The Morgan fingerprint density at radius 3 is 0.917 bits per heavy atom. The topological polar surface area (TPSA) is 40.5 Å². The minimum atomic E-state index is -5.60. The first-order valence-electron chi connectivity index (χ1n) is 2.33. The Morgan fingerprint density at radius 2 is 0.833 bits per heavy atom. The lowest BCUT2D eigenvalue weighted by molar-refractivity contribution is -0.156. The van der Waals surface area contributed by atoms with Crippen molar-refractivity contribution < 1.29 is 36.6 Å². The molecule has 12 heavy (non-hydrogen) atoms. The summed E-state index contributed by atoms with van der Waals surface area (Å²) in [5.74, 6) is -6.09. The van der Waals surface area contributed by atoms with E-state index in [0.29, 0.717) is 0 Å². The summed E-state index contributed by atoms with van der Waals surface area (Å²) in [6.07, 6.45) is -11.2. The van der Waals surface area contributed by atoms with Crippen LogP contribution in [0.2, 0.25) is 0 Å². The molecule has 0 saturated carbocycles. The summed E-state index contributed by atoms with van der Waals surface area (Å²) < 4.78 is 67.6. The first kappa shape index (κ1) is 10.9. The highest BCUT2D eigenvalue weighted by atomic mass is 19.4. The molecule has 0 aromatic heterocycles. The quantitative estimate of drug-likeness (QED) is 0.461.